The van der Waals surface area contributed by atoms with Crippen molar-refractivity contribution in [3.63, 3.8) is 0 Å². The van der Waals surface area contributed by atoms with E-state index in [4.69, 9.17) is 9.47 Å². The highest BCUT2D eigenvalue weighted by Gasteiger charge is 2.12. The Morgan fingerprint density at radius 2 is 2.03 bits per heavy atom. The number of nitrogens with one attached hydrogen (secondary N) is 1. The van der Waals surface area contributed by atoms with Crippen LogP contribution < -0.4 is 14.8 Å². The molecule has 0 saturated heterocycles. The SMILES string of the molecule is COc1cc(/C=C(/C#N)C(=O)NC(C)C)ccc1OCc1cccc([N+](=O)[O-])c1. The van der Waals surface area contributed by atoms with Crippen molar-refractivity contribution in [3.05, 3.63) is 69.3 Å². The predicted molar refractivity (Wildman–Crippen MR) is 107 cm³/mol. The number of ether oxygens (including phenoxy) is 2. The highest BCUT2D eigenvalue weighted by Crippen LogP contribution is 2.30. The van der Waals surface area contributed by atoms with Crippen LogP contribution >= 0.6 is 0 Å². The van der Waals surface area contributed by atoms with E-state index in [1.54, 1.807) is 30.3 Å². The minimum atomic E-state index is -0.465. The smallest absolute Gasteiger partial charge is 0.269 e. The van der Waals surface area contributed by atoms with Gasteiger partial charge in [-0.3, -0.25) is 14.9 Å². The van der Waals surface area contributed by atoms with Crippen molar-refractivity contribution < 1.29 is 19.2 Å². The zero-order chi connectivity index (χ0) is 21.4. The quantitative estimate of drug-likeness (QED) is 0.316. The number of carbonyl (C=O) groups excluding carboxylic acids is 1. The maximum Gasteiger partial charge on any atom is 0.269 e. The van der Waals surface area contributed by atoms with E-state index in [2.05, 4.69) is 5.32 Å². The molecule has 0 aliphatic heterocycles. The molecule has 0 atom stereocenters. The Balaban J connectivity index is 2.19. The first-order valence-electron chi connectivity index (χ1n) is 8.81. The molecule has 0 unspecified atom stereocenters. The van der Waals surface area contributed by atoms with Gasteiger partial charge in [0.25, 0.3) is 11.6 Å². The fraction of sp³-hybridized carbons (Fsp3) is 0.238. The lowest BCUT2D eigenvalue weighted by Gasteiger charge is -2.12. The standard InChI is InChI=1S/C21H21N3O5/c1-14(2)23-21(25)17(12-22)9-15-7-8-19(20(11-15)28-3)29-13-16-5-4-6-18(10-16)24(26)27/h4-11,14H,13H2,1-3H3,(H,23,25)/b17-9-. The average molecular weight is 395 g/mol. The van der Waals surface area contributed by atoms with Crippen LogP contribution in [0.1, 0.15) is 25.0 Å². The van der Waals surface area contributed by atoms with Gasteiger partial charge in [-0.25, -0.2) is 0 Å². The summed E-state index contributed by atoms with van der Waals surface area (Å²) in [5.74, 6) is 0.388. The number of carbonyl (C=O) groups is 1. The summed E-state index contributed by atoms with van der Waals surface area (Å²) in [7, 11) is 1.47. The lowest BCUT2D eigenvalue weighted by atomic mass is 10.1. The van der Waals surface area contributed by atoms with Crippen molar-refractivity contribution >= 4 is 17.7 Å². The number of benzene rings is 2. The lowest BCUT2D eigenvalue weighted by Crippen LogP contribution is -2.30. The van der Waals surface area contributed by atoms with Gasteiger partial charge in [0.05, 0.1) is 12.0 Å². The van der Waals surface area contributed by atoms with Crippen LogP contribution in [-0.2, 0) is 11.4 Å². The molecule has 29 heavy (non-hydrogen) atoms. The first-order chi connectivity index (χ1) is 13.8. The molecule has 1 N–H and O–H groups in total. The summed E-state index contributed by atoms with van der Waals surface area (Å²) in [4.78, 5) is 22.4. The molecule has 0 fully saturated rings. The second-order valence-corrected chi connectivity index (χ2v) is 6.42. The van der Waals surface area contributed by atoms with E-state index in [-0.39, 0.29) is 23.9 Å². The summed E-state index contributed by atoms with van der Waals surface area (Å²) in [6, 6.07) is 13.0. The van der Waals surface area contributed by atoms with Crippen molar-refractivity contribution in [1.82, 2.24) is 5.32 Å². The monoisotopic (exact) mass is 395 g/mol. The molecule has 0 bridgehead atoms. The summed E-state index contributed by atoms with van der Waals surface area (Å²) in [5.41, 5.74) is 1.20. The van der Waals surface area contributed by atoms with Gasteiger partial charge in [-0.15, -0.1) is 0 Å². The second kappa shape index (κ2) is 9.90. The fourth-order valence-corrected chi connectivity index (χ4v) is 2.47. The molecule has 0 aliphatic carbocycles. The summed E-state index contributed by atoms with van der Waals surface area (Å²) < 4.78 is 11.1. The maximum atomic E-state index is 12.0. The number of nitrogens with zero attached hydrogens (tertiary/aromatic N) is 2. The molecule has 2 rings (SSSR count). The zero-order valence-electron chi connectivity index (χ0n) is 16.3. The highest BCUT2D eigenvalue weighted by atomic mass is 16.6. The van der Waals surface area contributed by atoms with E-state index >= 15 is 0 Å². The Morgan fingerprint density at radius 3 is 2.66 bits per heavy atom. The van der Waals surface area contributed by atoms with Gasteiger partial charge in [-0.05, 0) is 43.2 Å². The molecular formula is C21H21N3O5. The van der Waals surface area contributed by atoms with E-state index in [9.17, 15) is 20.2 Å². The molecule has 2 aromatic carbocycles. The zero-order valence-corrected chi connectivity index (χ0v) is 16.3. The number of hydrogen-bond donors (Lipinski definition) is 1. The number of nitriles is 1. The van der Waals surface area contributed by atoms with Crippen LogP contribution in [0.5, 0.6) is 11.5 Å². The van der Waals surface area contributed by atoms with Gasteiger partial charge in [-0.1, -0.05) is 18.2 Å². The summed E-state index contributed by atoms with van der Waals surface area (Å²) in [5, 5.41) is 22.8. The molecule has 0 spiro atoms. The summed E-state index contributed by atoms with van der Waals surface area (Å²) in [6.45, 7) is 3.74. The van der Waals surface area contributed by atoms with Crippen molar-refractivity contribution in [2.75, 3.05) is 7.11 Å². The molecule has 0 radical (unpaired) electrons. The van der Waals surface area contributed by atoms with Gasteiger partial charge >= 0.3 is 0 Å². The van der Waals surface area contributed by atoms with Crippen LogP contribution in [0.15, 0.2) is 48.0 Å². The molecule has 8 heteroatoms. The Labute approximate surface area is 168 Å². The predicted octanol–water partition coefficient (Wildman–Crippen LogP) is 3.61. The minimum absolute atomic E-state index is 0.0118. The fourth-order valence-electron chi connectivity index (χ4n) is 2.47. The van der Waals surface area contributed by atoms with Gasteiger partial charge in [0, 0.05) is 18.2 Å². The van der Waals surface area contributed by atoms with Gasteiger partial charge < -0.3 is 14.8 Å². The first kappa shape index (κ1) is 21.4. The van der Waals surface area contributed by atoms with Crippen LogP contribution in [0.25, 0.3) is 6.08 Å². The van der Waals surface area contributed by atoms with Crippen LogP contribution in [0, 0.1) is 21.4 Å². The third-order valence-electron chi connectivity index (χ3n) is 3.80. The number of amides is 1. The Kier molecular flexibility index (Phi) is 7.32. The number of hydrogen-bond acceptors (Lipinski definition) is 6. The number of non-ortho nitro benzene ring substituents is 1. The van der Waals surface area contributed by atoms with Gasteiger partial charge in [0.15, 0.2) is 11.5 Å². The van der Waals surface area contributed by atoms with Crippen LogP contribution in [-0.4, -0.2) is 24.0 Å². The van der Waals surface area contributed by atoms with Crippen molar-refractivity contribution in [3.8, 4) is 17.6 Å². The van der Waals surface area contributed by atoms with E-state index in [1.807, 2.05) is 19.9 Å². The van der Waals surface area contributed by atoms with Crippen molar-refractivity contribution in [2.45, 2.75) is 26.5 Å². The van der Waals surface area contributed by atoms with Crippen LogP contribution in [0.3, 0.4) is 0 Å². The molecule has 2 aromatic rings. The molecular weight excluding hydrogens is 374 g/mol. The van der Waals surface area contributed by atoms with Gasteiger partial charge in [-0.2, -0.15) is 5.26 Å². The van der Waals surface area contributed by atoms with Gasteiger partial charge in [0.2, 0.25) is 0 Å². The Morgan fingerprint density at radius 1 is 1.28 bits per heavy atom. The normalized spacial score (nSPS) is 10.9. The molecule has 150 valence electrons. The molecule has 1 amide bonds. The molecule has 0 heterocycles. The van der Waals surface area contributed by atoms with Crippen LogP contribution in [0.2, 0.25) is 0 Å². The van der Waals surface area contributed by atoms with Crippen LogP contribution in [0.4, 0.5) is 5.69 Å². The third kappa shape index (κ3) is 6.07. The Hall–Kier alpha value is -3.86. The first-order valence-corrected chi connectivity index (χ1v) is 8.81. The van der Waals surface area contributed by atoms with E-state index in [1.165, 1.54) is 25.3 Å². The average Bonchev–Trinajstić information content (AvgIpc) is 2.70. The van der Waals surface area contributed by atoms with Crippen molar-refractivity contribution in [2.24, 2.45) is 0 Å². The molecule has 0 aromatic heterocycles. The third-order valence-corrected chi connectivity index (χ3v) is 3.80. The topological polar surface area (TPSA) is 114 Å². The Bertz CT molecular complexity index is 977. The summed E-state index contributed by atoms with van der Waals surface area (Å²) >= 11 is 0. The van der Waals surface area contributed by atoms with Crippen molar-refractivity contribution in [1.29, 1.82) is 5.26 Å². The maximum absolute atomic E-state index is 12.0. The highest BCUT2D eigenvalue weighted by molar-refractivity contribution is 6.01. The second-order valence-electron chi connectivity index (χ2n) is 6.42. The lowest BCUT2D eigenvalue weighted by molar-refractivity contribution is -0.384. The summed E-state index contributed by atoms with van der Waals surface area (Å²) in [6.07, 6.45) is 1.46. The van der Waals surface area contributed by atoms with E-state index < -0.39 is 10.8 Å². The molecule has 0 aliphatic rings. The largest absolute Gasteiger partial charge is 0.493 e. The van der Waals surface area contributed by atoms with Gasteiger partial charge in [0.1, 0.15) is 18.2 Å². The molecule has 8 nitrogen and oxygen atoms in total. The van der Waals surface area contributed by atoms with E-state index in [0.717, 1.165) is 0 Å². The minimum Gasteiger partial charge on any atom is -0.493 e. The molecule has 0 saturated carbocycles. The van der Waals surface area contributed by atoms with E-state index in [0.29, 0.717) is 22.6 Å². The number of nitro benzene ring substituents is 1. The number of rotatable bonds is 8. The number of methoxy groups -OCH3 is 1. The number of nitro groups is 1.